The molecule has 0 atom stereocenters. The van der Waals surface area contributed by atoms with Gasteiger partial charge in [-0.05, 0) is 30.0 Å². The molecule has 0 aliphatic heterocycles. The lowest BCUT2D eigenvalue weighted by molar-refractivity contribution is 0.151. The van der Waals surface area contributed by atoms with Crippen LogP contribution in [0.1, 0.15) is 31.4 Å². The first kappa shape index (κ1) is 11.1. The van der Waals surface area contributed by atoms with E-state index >= 15 is 0 Å². The molecule has 0 saturated carbocycles. The smallest absolute Gasteiger partial charge is 0.207 e. The van der Waals surface area contributed by atoms with Gasteiger partial charge < -0.3 is 0 Å². The van der Waals surface area contributed by atoms with Crippen LogP contribution in [0.5, 0.6) is 0 Å². The molecule has 1 rings (SSSR count). The van der Waals surface area contributed by atoms with Gasteiger partial charge in [-0.25, -0.2) is 13.2 Å². The molecule has 0 nitrogen and oxygen atoms in total. The van der Waals surface area contributed by atoms with E-state index < -0.39 is 12.2 Å². The van der Waals surface area contributed by atoms with Crippen LogP contribution in [0.2, 0.25) is 0 Å². The molecule has 0 N–H and O–H groups in total. The molecule has 0 bridgehead atoms. The molecule has 0 fully saturated rings. The second-order valence-electron chi connectivity index (χ2n) is 3.75. The molecule has 0 saturated heterocycles. The number of hydrogen-bond acceptors (Lipinski definition) is 0. The van der Waals surface area contributed by atoms with Crippen molar-refractivity contribution in [2.45, 2.75) is 26.7 Å². The molecule has 0 aliphatic rings. The van der Waals surface area contributed by atoms with Gasteiger partial charge in [-0.3, -0.25) is 0 Å². The second-order valence-corrected chi connectivity index (χ2v) is 3.75. The minimum atomic E-state index is -2.53. The van der Waals surface area contributed by atoms with E-state index in [-0.39, 0.29) is 11.5 Å². The molecule has 0 heterocycles. The highest BCUT2D eigenvalue weighted by molar-refractivity contribution is 5.26. The third-order valence-electron chi connectivity index (χ3n) is 1.95. The van der Waals surface area contributed by atoms with E-state index in [1.807, 2.05) is 13.8 Å². The van der Waals surface area contributed by atoms with Crippen LogP contribution in [-0.2, 0) is 6.42 Å². The fraction of sp³-hybridized carbons (Fsp3) is 0.455. The van der Waals surface area contributed by atoms with Crippen molar-refractivity contribution < 1.29 is 13.2 Å². The van der Waals surface area contributed by atoms with Gasteiger partial charge in [-0.15, -0.1) is 0 Å². The first-order chi connectivity index (χ1) is 6.50. The molecule has 1 aromatic carbocycles. The topological polar surface area (TPSA) is 0 Å². The molecule has 0 unspecified atom stereocenters. The first-order valence-electron chi connectivity index (χ1n) is 4.57. The largest absolute Gasteiger partial charge is 0.263 e. The summed E-state index contributed by atoms with van der Waals surface area (Å²) in [7, 11) is 0. The lowest BCUT2D eigenvalue weighted by Crippen LogP contribution is -1.99. The van der Waals surface area contributed by atoms with Gasteiger partial charge in [0.15, 0.2) is 0 Å². The van der Waals surface area contributed by atoms with Crippen LogP contribution < -0.4 is 0 Å². The Hall–Kier alpha value is -0.990. The Morgan fingerprint density at radius 3 is 2.36 bits per heavy atom. The summed E-state index contributed by atoms with van der Waals surface area (Å²) in [5.74, 6) is -0.138. The van der Waals surface area contributed by atoms with Crippen molar-refractivity contribution in [2.75, 3.05) is 0 Å². The number of hydrogen-bond donors (Lipinski definition) is 0. The summed E-state index contributed by atoms with van der Waals surface area (Å²) in [5.41, 5.74) is 0.264. The molecule has 0 amide bonds. The van der Waals surface area contributed by atoms with E-state index in [4.69, 9.17) is 0 Å². The predicted molar refractivity (Wildman–Crippen MR) is 49.9 cm³/mol. The van der Waals surface area contributed by atoms with Crippen LogP contribution in [-0.4, -0.2) is 0 Å². The van der Waals surface area contributed by atoms with Gasteiger partial charge in [0.1, 0.15) is 5.82 Å². The number of alkyl halides is 2. The highest BCUT2D eigenvalue weighted by Crippen LogP contribution is 2.22. The van der Waals surface area contributed by atoms with Gasteiger partial charge in [-0.2, -0.15) is 0 Å². The third-order valence-corrected chi connectivity index (χ3v) is 1.95. The summed E-state index contributed by atoms with van der Waals surface area (Å²) in [6.45, 7) is 3.85. The van der Waals surface area contributed by atoms with Crippen LogP contribution in [0, 0.1) is 11.7 Å². The number of halogens is 3. The minimum absolute atomic E-state index is 0.109. The molecule has 0 spiro atoms. The van der Waals surface area contributed by atoms with Crippen molar-refractivity contribution in [1.29, 1.82) is 0 Å². The molecule has 0 aliphatic carbocycles. The maximum Gasteiger partial charge on any atom is 0.263 e. The summed E-state index contributed by atoms with van der Waals surface area (Å²) < 4.78 is 37.7. The minimum Gasteiger partial charge on any atom is -0.207 e. The maximum absolute atomic E-state index is 13.1. The Morgan fingerprint density at radius 1 is 1.21 bits per heavy atom. The fourth-order valence-corrected chi connectivity index (χ4v) is 1.33. The zero-order valence-electron chi connectivity index (χ0n) is 8.23. The molecule has 78 valence electrons. The van der Waals surface area contributed by atoms with Gasteiger partial charge in [-0.1, -0.05) is 19.9 Å². The SMILES string of the molecule is CC(C)Cc1cc(C(F)F)ccc1F. The standard InChI is InChI=1S/C11H13F3/c1-7(2)5-9-6-8(11(13)14)3-4-10(9)12/h3-4,6-7,11H,5H2,1-2H3. The van der Waals surface area contributed by atoms with Gasteiger partial charge in [0.2, 0.25) is 0 Å². The van der Waals surface area contributed by atoms with Crippen molar-refractivity contribution in [3.05, 3.63) is 35.1 Å². The normalized spacial score (nSPS) is 11.4. The van der Waals surface area contributed by atoms with Crippen molar-refractivity contribution in [3.8, 4) is 0 Å². The molecule has 14 heavy (non-hydrogen) atoms. The molecule has 0 radical (unpaired) electrons. The van der Waals surface area contributed by atoms with Crippen LogP contribution in [0.3, 0.4) is 0 Å². The molecular formula is C11H13F3. The monoisotopic (exact) mass is 202 g/mol. The highest BCUT2D eigenvalue weighted by Gasteiger charge is 2.11. The average molecular weight is 202 g/mol. The summed E-state index contributed by atoms with van der Waals surface area (Å²) in [6.07, 6.45) is -2.03. The van der Waals surface area contributed by atoms with Crippen molar-refractivity contribution in [3.63, 3.8) is 0 Å². The van der Waals surface area contributed by atoms with Crippen LogP contribution in [0.15, 0.2) is 18.2 Å². The Labute approximate surface area is 81.8 Å². The molecule has 1 aromatic rings. The Morgan fingerprint density at radius 2 is 1.86 bits per heavy atom. The van der Waals surface area contributed by atoms with E-state index in [9.17, 15) is 13.2 Å². The lowest BCUT2D eigenvalue weighted by atomic mass is 10.0. The molecular weight excluding hydrogens is 189 g/mol. The number of rotatable bonds is 3. The van der Waals surface area contributed by atoms with Crippen LogP contribution in [0.25, 0.3) is 0 Å². The quantitative estimate of drug-likeness (QED) is 0.695. The number of benzene rings is 1. The molecule has 3 heteroatoms. The van der Waals surface area contributed by atoms with E-state index in [1.54, 1.807) is 0 Å². The van der Waals surface area contributed by atoms with Crippen molar-refractivity contribution >= 4 is 0 Å². The Balaban J connectivity index is 2.96. The maximum atomic E-state index is 13.1. The van der Waals surface area contributed by atoms with Gasteiger partial charge in [0.05, 0.1) is 0 Å². The van der Waals surface area contributed by atoms with Crippen molar-refractivity contribution in [1.82, 2.24) is 0 Å². The summed E-state index contributed by atoms with van der Waals surface area (Å²) in [5, 5.41) is 0. The first-order valence-corrected chi connectivity index (χ1v) is 4.57. The molecule has 0 aromatic heterocycles. The average Bonchev–Trinajstić information content (AvgIpc) is 2.07. The third kappa shape index (κ3) is 2.76. The highest BCUT2D eigenvalue weighted by atomic mass is 19.3. The lowest BCUT2D eigenvalue weighted by Gasteiger charge is -2.08. The van der Waals surface area contributed by atoms with Gasteiger partial charge in [0, 0.05) is 5.56 Å². The van der Waals surface area contributed by atoms with Crippen LogP contribution in [0.4, 0.5) is 13.2 Å². The van der Waals surface area contributed by atoms with E-state index in [0.29, 0.717) is 12.0 Å². The van der Waals surface area contributed by atoms with E-state index in [2.05, 4.69) is 0 Å². The summed E-state index contributed by atoms with van der Waals surface area (Å²) in [6, 6.07) is 3.49. The Bertz CT molecular complexity index is 305. The predicted octanol–water partition coefficient (Wildman–Crippen LogP) is 3.96. The van der Waals surface area contributed by atoms with Gasteiger partial charge >= 0.3 is 0 Å². The zero-order valence-corrected chi connectivity index (χ0v) is 8.23. The zero-order chi connectivity index (χ0) is 10.7. The fourth-order valence-electron chi connectivity index (χ4n) is 1.33. The van der Waals surface area contributed by atoms with Crippen LogP contribution >= 0.6 is 0 Å². The van der Waals surface area contributed by atoms with Gasteiger partial charge in [0.25, 0.3) is 6.43 Å². The van der Waals surface area contributed by atoms with Crippen molar-refractivity contribution in [2.24, 2.45) is 5.92 Å². The van der Waals surface area contributed by atoms with E-state index in [0.717, 1.165) is 12.1 Å². The second kappa shape index (κ2) is 4.49. The summed E-state index contributed by atoms with van der Waals surface area (Å²) in [4.78, 5) is 0. The van der Waals surface area contributed by atoms with E-state index in [1.165, 1.54) is 6.07 Å². The Kier molecular flexibility index (Phi) is 3.55. The summed E-state index contributed by atoms with van der Waals surface area (Å²) >= 11 is 0.